The van der Waals surface area contributed by atoms with Crippen molar-refractivity contribution in [3.05, 3.63) is 24.3 Å². The Balaban J connectivity index is 1.55. The lowest BCUT2D eigenvalue weighted by Gasteiger charge is -2.19. The summed E-state index contributed by atoms with van der Waals surface area (Å²) in [5, 5.41) is 2.61. The van der Waals surface area contributed by atoms with E-state index < -0.39 is 5.97 Å². The molecule has 1 N–H and O–H groups in total. The molecule has 1 saturated heterocycles. The van der Waals surface area contributed by atoms with Crippen LogP contribution in [0.1, 0.15) is 39.0 Å². The van der Waals surface area contributed by atoms with Crippen molar-refractivity contribution in [1.29, 1.82) is 0 Å². The second kappa shape index (κ2) is 7.68. The number of hydrogen-bond acceptors (Lipinski definition) is 5. The summed E-state index contributed by atoms with van der Waals surface area (Å²) in [5.41, 5.74) is 0.525. The maximum Gasteiger partial charge on any atom is 0.312 e. The molecule has 2 fully saturated rings. The first kappa shape index (κ1) is 18.1. The number of nitrogens with one attached hydrogen (secondary N) is 1. The zero-order chi connectivity index (χ0) is 18.7. The number of likely N-dealkylation sites (tertiary alicyclic amines) is 1. The first-order chi connectivity index (χ1) is 12.5. The Hall–Kier alpha value is -2.70. The summed E-state index contributed by atoms with van der Waals surface area (Å²) in [5.74, 6) is -1.17. The molecule has 1 aliphatic heterocycles. The smallest absolute Gasteiger partial charge is 0.312 e. The Morgan fingerprint density at radius 2 is 1.81 bits per heavy atom. The second-order valence-corrected chi connectivity index (χ2v) is 6.76. The Kier molecular flexibility index (Phi) is 5.35. The number of amides is 3. The molecule has 1 heterocycles. The molecule has 0 bridgehead atoms. The molecule has 3 amide bonds. The average Bonchev–Trinajstić information content (AvgIpc) is 2.84. The van der Waals surface area contributed by atoms with Gasteiger partial charge in [0.25, 0.3) is 0 Å². The van der Waals surface area contributed by atoms with Gasteiger partial charge in [0, 0.05) is 25.2 Å². The monoisotopic (exact) mass is 358 g/mol. The maximum absolute atomic E-state index is 12.4. The number of nitrogens with zero attached hydrogens (tertiary/aromatic N) is 1. The second-order valence-electron chi connectivity index (χ2n) is 6.76. The van der Waals surface area contributed by atoms with Gasteiger partial charge < -0.3 is 10.1 Å². The lowest BCUT2D eigenvalue weighted by atomic mass is 9.81. The highest BCUT2D eigenvalue weighted by atomic mass is 16.5. The Morgan fingerprint density at radius 1 is 1.15 bits per heavy atom. The SMILES string of the molecule is CC(=O)Nc1cccc(OC(=O)CCN2C(=O)[C@@H]3CCCC[C@H]3C2=O)c1. The van der Waals surface area contributed by atoms with Crippen LogP contribution in [0, 0.1) is 11.8 Å². The number of hydrogen-bond donors (Lipinski definition) is 1. The number of carbonyl (C=O) groups is 4. The minimum absolute atomic E-state index is 0.0505. The predicted octanol–water partition coefficient (Wildman–Crippen LogP) is 2.12. The molecular weight excluding hydrogens is 336 g/mol. The number of rotatable bonds is 5. The van der Waals surface area contributed by atoms with Gasteiger partial charge in [-0.2, -0.15) is 0 Å². The molecule has 0 spiro atoms. The molecule has 2 atom stereocenters. The summed E-state index contributed by atoms with van der Waals surface area (Å²) in [6.07, 6.45) is 3.40. The Bertz CT molecular complexity index is 721. The van der Waals surface area contributed by atoms with E-state index in [0.29, 0.717) is 11.4 Å². The van der Waals surface area contributed by atoms with E-state index in [1.807, 2.05) is 0 Å². The maximum atomic E-state index is 12.4. The fourth-order valence-electron chi connectivity index (χ4n) is 3.68. The summed E-state index contributed by atoms with van der Waals surface area (Å²) in [6.45, 7) is 1.44. The van der Waals surface area contributed by atoms with Crippen molar-refractivity contribution in [2.45, 2.75) is 39.0 Å². The third kappa shape index (κ3) is 3.92. The van der Waals surface area contributed by atoms with Gasteiger partial charge in [-0.15, -0.1) is 0 Å². The van der Waals surface area contributed by atoms with E-state index in [1.165, 1.54) is 11.8 Å². The molecule has 0 unspecified atom stereocenters. The summed E-state index contributed by atoms with van der Waals surface area (Å²) in [4.78, 5) is 49.1. The standard InChI is InChI=1S/C19H22N2O5/c1-12(22)20-13-5-4-6-14(11-13)26-17(23)9-10-21-18(24)15-7-2-3-8-16(15)19(21)25/h4-6,11,15-16H,2-3,7-10H2,1H3,(H,20,22)/t15-,16-/m1/s1. The van der Waals surface area contributed by atoms with Gasteiger partial charge in [-0.3, -0.25) is 24.1 Å². The molecule has 3 rings (SSSR count). The molecular formula is C19H22N2O5. The van der Waals surface area contributed by atoms with Crippen LogP contribution in [0.15, 0.2) is 24.3 Å². The van der Waals surface area contributed by atoms with Gasteiger partial charge in [0.1, 0.15) is 5.75 Å². The van der Waals surface area contributed by atoms with Gasteiger partial charge in [-0.1, -0.05) is 18.9 Å². The van der Waals surface area contributed by atoms with Gasteiger partial charge in [0.05, 0.1) is 18.3 Å². The lowest BCUT2D eigenvalue weighted by molar-refractivity contribution is -0.141. The van der Waals surface area contributed by atoms with Crippen LogP contribution in [0.3, 0.4) is 0 Å². The molecule has 0 radical (unpaired) electrons. The number of imide groups is 1. The molecule has 0 aromatic heterocycles. The minimum Gasteiger partial charge on any atom is -0.426 e. The number of benzene rings is 1. The predicted molar refractivity (Wildman–Crippen MR) is 93.2 cm³/mol. The molecule has 7 nitrogen and oxygen atoms in total. The first-order valence-corrected chi connectivity index (χ1v) is 8.89. The molecule has 1 saturated carbocycles. The highest BCUT2D eigenvalue weighted by Gasteiger charge is 2.47. The van der Waals surface area contributed by atoms with Gasteiger partial charge >= 0.3 is 5.97 Å². The van der Waals surface area contributed by atoms with Crippen LogP contribution in [0.4, 0.5) is 5.69 Å². The highest BCUT2D eigenvalue weighted by molar-refractivity contribution is 6.05. The van der Waals surface area contributed by atoms with Crippen LogP contribution in [0.5, 0.6) is 5.75 Å². The average molecular weight is 358 g/mol. The quantitative estimate of drug-likeness (QED) is 0.494. The third-order valence-corrected chi connectivity index (χ3v) is 4.86. The van der Waals surface area contributed by atoms with Crippen LogP contribution < -0.4 is 10.1 Å². The molecule has 26 heavy (non-hydrogen) atoms. The van der Waals surface area contributed by atoms with E-state index in [-0.39, 0.29) is 42.5 Å². The van der Waals surface area contributed by atoms with Crippen molar-refractivity contribution in [1.82, 2.24) is 4.90 Å². The van der Waals surface area contributed by atoms with E-state index in [0.717, 1.165) is 25.7 Å². The topological polar surface area (TPSA) is 92.8 Å². The summed E-state index contributed by atoms with van der Waals surface area (Å²) >= 11 is 0. The van der Waals surface area contributed by atoms with Crippen molar-refractivity contribution >= 4 is 29.4 Å². The van der Waals surface area contributed by atoms with Crippen molar-refractivity contribution < 1.29 is 23.9 Å². The minimum atomic E-state index is -0.527. The third-order valence-electron chi connectivity index (χ3n) is 4.86. The van der Waals surface area contributed by atoms with Gasteiger partial charge in [0.2, 0.25) is 17.7 Å². The first-order valence-electron chi connectivity index (χ1n) is 8.89. The summed E-state index contributed by atoms with van der Waals surface area (Å²) < 4.78 is 5.25. The van der Waals surface area contributed by atoms with E-state index in [1.54, 1.807) is 24.3 Å². The molecule has 7 heteroatoms. The Labute approximate surface area is 151 Å². The van der Waals surface area contributed by atoms with E-state index in [2.05, 4.69) is 5.32 Å². The molecule has 1 aromatic rings. The molecule has 138 valence electrons. The van der Waals surface area contributed by atoms with Crippen LogP contribution in [0.2, 0.25) is 0 Å². The largest absolute Gasteiger partial charge is 0.426 e. The fraction of sp³-hybridized carbons (Fsp3) is 0.474. The van der Waals surface area contributed by atoms with Crippen molar-refractivity contribution in [3.63, 3.8) is 0 Å². The number of ether oxygens (including phenoxy) is 1. The number of carbonyl (C=O) groups excluding carboxylic acids is 4. The van der Waals surface area contributed by atoms with Gasteiger partial charge in [0.15, 0.2) is 0 Å². The van der Waals surface area contributed by atoms with Crippen LogP contribution in [-0.4, -0.2) is 35.1 Å². The highest BCUT2D eigenvalue weighted by Crippen LogP contribution is 2.38. The normalized spacial score (nSPS) is 22.1. The van der Waals surface area contributed by atoms with Gasteiger partial charge in [-0.25, -0.2) is 0 Å². The lowest BCUT2D eigenvalue weighted by Crippen LogP contribution is -2.33. The fourth-order valence-corrected chi connectivity index (χ4v) is 3.68. The molecule has 1 aromatic carbocycles. The van der Waals surface area contributed by atoms with Gasteiger partial charge in [-0.05, 0) is 25.0 Å². The summed E-state index contributed by atoms with van der Waals surface area (Å²) in [7, 11) is 0. The van der Waals surface area contributed by atoms with Crippen molar-refractivity contribution in [3.8, 4) is 5.75 Å². The van der Waals surface area contributed by atoms with Crippen molar-refractivity contribution in [2.24, 2.45) is 11.8 Å². The van der Waals surface area contributed by atoms with E-state index >= 15 is 0 Å². The van der Waals surface area contributed by atoms with Crippen LogP contribution in [-0.2, 0) is 19.2 Å². The van der Waals surface area contributed by atoms with E-state index in [9.17, 15) is 19.2 Å². The zero-order valence-corrected chi connectivity index (χ0v) is 14.7. The Morgan fingerprint density at radius 3 is 2.42 bits per heavy atom. The zero-order valence-electron chi connectivity index (χ0n) is 14.7. The number of esters is 1. The van der Waals surface area contributed by atoms with E-state index in [4.69, 9.17) is 4.74 Å². The molecule has 1 aliphatic carbocycles. The molecule has 2 aliphatic rings. The van der Waals surface area contributed by atoms with Crippen LogP contribution in [0.25, 0.3) is 0 Å². The summed E-state index contributed by atoms with van der Waals surface area (Å²) in [6, 6.07) is 6.48. The number of fused-ring (bicyclic) bond motifs is 1. The van der Waals surface area contributed by atoms with Crippen LogP contribution >= 0.6 is 0 Å². The van der Waals surface area contributed by atoms with Crippen molar-refractivity contribution in [2.75, 3.05) is 11.9 Å². The number of anilines is 1.